The quantitative estimate of drug-likeness (QED) is 0.838. The molecule has 0 spiro atoms. The highest BCUT2D eigenvalue weighted by atomic mass is 16.2. The second-order valence-electron chi connectivity index (χ2n) is 8.37. The van der Waals surface area contributed by atoms with Crippen LogP contribution in [0.3, 0.4) is 0 Å². The van der Waals surface area contributed by atoms with Gasteiger partial charge in [0.2, 0.25) is 11.8 Å². The van der Waals surface area contributed by atoms with Crippen molar-refractivity contribution in [3.05, 3.63) is 35.9 Å². The van der Waals surface area contributed by atoms with Crippen LogP contribution in [0.5, 0.6) is 0 Å². The first-order valence-corrected chi connectivity index (χ1v) is 10.3. The lowest BCUT2D eigenvalue weighted by molar-refractivity contribution is -0.133. The largest absolute Gasteiger partial charge is 0.353 e. The summed E-state index contributed by atoms with van der Waals surface area (Å²) in [5.41, 5.74) is 2.00. The SMILES string of the molecule is CC(NC(=O)CCC(=O)N1CCC(c2ccccc2)=N1)C1CC2CCC1C2. The standard InChI is InChI=1S/C22H29N3O2/c1-15(19-14-16-7-8-18(19)13-16)23-21(26)9-10-22(27)25-12-11-20(24-25)17-5-3-2-4-6-17/h2-6,15-16,18-19H,7-14H2,1H3,(H,23,26). The molecule has 1 heterocycles. The summed E-state index contributed by atoms with van der Waals surface area (Å²) >= 11 is 0. The van der Waals surface area contributed by atoms with Crippen molar-refractivity contribution in [2.75, 3.05) is 6.54 Å². The molecule has 2 bridgehead atoms. The summed E-state index contributed by atoms with van der Waals surface area (Å²) in [6, 6.07) is 10.2. The molecule has 0 radical (unpaired) electrons. The van der Waals surface area contributed by atoms with Gasteiger partial charge in [-0.15, -0.1) is 0 Å². The van der Waals surface area contributed by atoms with Crippen molar-refractivity contribution in [3.8, 4) is 0 Å². The third kappa shape index (κ3) is 4.07. The molecule has 4 rings (SSSR count). The Labute approximate surface area is 161 Å². The van der Waals surface area contributed by atoms with Crippen LogP contribution in [0.4, 0.5) is 0 Å². The van der Waals surface area contributed by atoms with E-state index in [1.54, 1.807) is 0 Å². The number of carbonyl (C=O) groups excluding carboxylic acids is 2. The van der Waals surface area contributed by atoms with E-state index in [0.29, 0.717) is 12.5 Å². The Kier molecular flexibility index (Phi) is 5.28. The van der Waals surface area contributed by atoms with E-state index in [-0.39, 0.29) is 30.7 Å². The third-order valence-corrected chi connectivity index (χ3v) is 6.59. The van der Waals surface area contributed by atoms with E-state index in [9.17, 15) is 9.59 Å². The maximum absolute atomic E-state index is 12.4. The van der Waals surface area contributed by atoms with Crippen LogP contribution in [0, 0.1) is 17.8 Å². The Morgan fingerprint density at radius 3 is 2.70 bits per heavy atom. The molecule has 2 amide bonds. The first-order chi connectivity index (χ1) is 13.1. The second kappa shape index (κ2) is 7.83. The van der Waals surface area contributed by atoms with Gasteiger partial charge in [-0.25, -0.2) is 5.01 Å². The summed E-state index contributed by atoms with van der Waals surface area (Å²) in [5.74, 6) is 2.23. The van der Waals surface area contributed by atoms with Crippen LogP contribution >= 0.6 is 0 Å². The molecule has 0 saturated heterocycles. The highest BCUT2D eigenvalue weighted by Crippen LogP contribution is 2.49. The first-order valence-electron chi connectivity index (χ1n) is 10.3. The van der Waals surface area contributed by atoms with E-state index in [2.05, 4.69) is 17.3 Å². The van der Waals surface area contributed by atoms with Gasteiger partial charge in [0.1, 0.15) is 0 Å². The average molecular weight is 367 g/mol. The summed E-state index contributed by atoms with van der Waals surface area (Å²) < 4.78 is 0. The van der Waals surface area contributed by atoms with Gasteiger partial charge in [-0.3, -0.25) is 9.59 Å². The van der Waals surface area contributed by atoms with E-state index < -0.39 is 0 Å². The van der Waals surface area contributed by atoms with Gasteiger partial charge in [0.15, 0.2) is 0 Å². The molecule has 1 aliphatic heterocycles. The Morgan fingerprint density at radius 2 is 2.00 bits per heavy atom. The van der Waals surface area contributed by atoms with Crippen LogP contribution in [-0.4, -0.2) is 35.1 Å². The minimum Gasteiger partial charge on any atom is -0.353 e. The van der Waals surface area contributed by atoms with E-state index >= 15 is 0 Å². The molecular formula is C22H29N3O2. The van der Waals surface area contributed by atoms with Gasteiger partial charge in [-0.05, 0) is 49.5 Å². The fourth-order valence-corrected chi connectivity index (χ4v) is 5.16. The van der Waals surface area contributed by atoms with Gasteiger partial charge in [0.05, 0.1) is 12.3 Å². The number of rotatable bonds is 6. The second-order valence-corrected chi connectivity index (χ2v) is 8.37. The van der Waals surface area contributed by atoms with Gasteiger partial charge in [0.25, 0.3) is 0 Å². The lowest BCUT2D eigenvalue weighted by Gasteiger charge is -2.28. The van der Waals surface area contributed by atoms with Crippen LogP contribution in [0.25, 0.3) is 0 Å². The fraction of sp³-hybridized carbons (Fsp3) is 0.591. The van der Waals surface area contributed by atoms with Crippen LogP contribution in [0.15, 0.2) is 35.4 Å². The summed E-state index contributed by atoms with van der Waals surface area (Å²) in [7, 11) is 0. The zero-order valence-electron chi connectivity index (χ0n) is 16.1. The van der Waals surface area contributed by atoms with Gasteiger partial charge < -0.3 is 5.32 Å². The number of nitrogens with zero attached hydrogens (tertiary/aromatic N) is 2. The molecule has 5 heteroatoms. The molecule has 27 heavy (non-hydrogen) atoms. The summed E-state index contributed by atoms with van der Waals surface area (Å²) in [6.07, 6.45) is 6.54. The predicted molar refractivity (Wildman–Crippen MR) is 105 cm³/mol. The lowest BCUT2D eigenvalue weighted by atomic mass is 9.84. The molecule has 4 atom stereocenters. The lowest BCUT2D eigenvalue weighted by Crippen LogP contribution is -2.40. The molecule has 1 N–H and O–H groups in total. The van der Waals surface area contributed by atoms with E-state index in [4.69, 9.17) is 0 Å². The molecule has 4 unspecified atom stereocenters. The molecule has 0 aromatic heterocycles. The molecule has 2 aliphatic carbocycles. The number of amides is 2. The van der Waals surface area contributed by atoms with E-state index in [1.807, 2.05) is 30.3 Å². The monoisotopic (exact) mass is 367 g/mol. The van der Waals surface area contributed by atoms with Crippen molar-refractivity contribution in [2.24, 2.45) is 22.9 Å². The van der Waals surface area contributed by atoms with Crippen LogP contribution in [-0.2, 0) is 9.59 Å². The summed E-state index contributed by atoms with van der Waals surface area (Å²) in [6.45, 7) is 2.73. The summed E-state index contributed by atoms with van der Waals surface area (Å²) in [4.78, 5) is 24.7. The highest BCUT2D eigenvalue weighted by Gasteiger charge is 2.42. The predicted octanol–water partition coefficient (Wildman–Crippen LogP) is 3.34. The number of hydrogen-bond donors (Lipinski definition) is 1. The minimum atomic E-state index is -0.0661. The van der Waals surface area contributed by atoms with E-state index in [0.717, 1.165) is 29.5 Å². The van der Waals surface area contributed by atoms with Gasteiger partial charge in [-0.2, -0.15) is 5.10 Å². The van der Waals surface area contributed by atoms with Crippen molar-refractivity contribution in [2.45, 2.75) is 57.9 Å². The number of nitrogens with one attached hydrogen (secondary N) is 1. The first kappa shape index (κ1) is 18.2. The van der Waals surface area contributed by atoms with Crippen LogP contribution < -0.4 is 5.32 Å². The normalized spacial score (nSPS) is 27.5. The number of hydrazone groups is 1. The molecule has 3 aliphatic rings. The highest BCUT2D eigenvalue weighted by molar-refractivity contribution is 6.02. The van der Waals surface area contributed by atoms with Crippen molar-refractivity contribution in [1.29, 1.82) is 0 Å². The minimum absolute atomic E-state index is 0.00918. The third-order valence-electron chi connectivity index (χ3n) is 6.59. The topological polar surface area (TPSA) is 61.8 Å². The van der Waals surface area contributed by atoms with Gasteiger partial charge in [0, 0.05) is 25.3 Å². The summed E-state index contributed by atoms with van der Waals surface area (Å²) in [5, 5.41) is 9.12. The number of hydrogen-bond acceptors (Lipinski definition) is 3. The van der Waals surface area contributed by atoms with Crippen molar-refractivity contribution < 1.29 is 9.59 Å². The molecule has 5 nitrogen and oxygen atoms in total. The zero-order valence-corrected chi connectivity index (χ0v) is 16.1. The number of carbonyl (C=O) groups is 2. The van der Waals surface area contributed by atoms with Crippen molar-refractivity contribution in [1.82, 2.24) is 10.3 Å². The molecule has 1 aromatic rings. The molecule has 2 saturated carbocycles. The maximum Gasteiger partial charge on any atom is 0.243 e. The van der Waals surface area contributed by atoms with Crippen LogP contribution in [0.2, 0.25) is 0 Å². The zero-order chi connectivity index (χ0) is 18.8. The van der Waals surface area contributed by atoms with Crippen LogP contribution in [0.1, 0.15) is 57.4 Å². The maximum atomic E-state index is 12.4. The Morgan fingerprint density at radius 1 is 1.19 bits per heavy atom. The molecule has 1 aromatic carbocycles. The average Bonchev–Trinajstić information content (AvgIpc) is 3.43. The number of benzene rings is 1. The smallest absolute Gasteiger partial charge is 0.243 e. The Hall–Kier alpha value is -2.17. The molecular weight excluding hydrogens is 338 g/mol. The van der Waals surface area contributed by atoms with Crippen molar-refractivity contribution >= 4 is 17.5 Å². The fourth-order valence-electron chi connectivity index (χ4n) is 5.16. The molecule has 144 valence electrons. The van der Waals surface area contributed by atoms with Gasteiger partial charge in [-0.1, -0.05) is 36.8 Å². The Balaban J connectivity index is 1.23. The Bertz CT molecular complexity index is 730. The van der Waals surface area contributed by atoms with E-state index in [1.165, 1.54) is 30.7 Å². The van der Waals surface area contributed by atoms with Gasteiger partial charge >= 0.3 is 0 Å². The van der Waals surface area contributed by atoms with Crippen molar-refractivity contribution in [3.63, 3.8) is 0 Å². The molecule has 2 fully saturated rings. The number of fused-ring (bicyclic) bond motifs is 2.